The van der Waals surface area contributed by atoms with Gasteiger partial charge in [-0.05, 0) is 90.4 Å². The van der Waals surface area contributed by atoms with E-state index < -0.39 is 17.8 Å². The molecule has 1 aromatic heterocycles. The molecular weight excluding hydrogens is 619 g/mol. The highest BCUT2D eigenvalue weighted by molar-refractivity contribution is 6.03. The van der Waals surface area contributed by atoms with Crippen LogP contribution in [0.15, 0.2) is 114 Å². The van der Waals surface area contributed by atoms with Gasteiger partial charge in [0.25, 0.3) is 5.91 Å². The number of nitrogens with one attached hydrogen (secondary N) is 2. The molecule has 48 heavy (non-hydrogen) atoms. The molecule has 8 nitrogen and oxygen atoms in total. The summed E-state index contributed by atoms with van der Waals surface area (Å²) in [5.74, 6) is 0.600. The maximum atomic E-state index is 13.7. The lowest BCUT2D eigenvalue weighted by molar-refractivity contribution is -0.141. The van der Waals surface area contributed by atoms with Crippen molar-refractivity contribution in [2.45, 2.75) is 38.1 Å². The highest BCUT2D eigenvalue weighted by Gasteiger charge is 2.36. The number of carbonyl (C=O) groups excluding carboxylic acids is 1. The van der Waals surface area contributed by atoms with E-state index in [1.165, 1.54) is 12.8 Å². The second-order valence-electron chi connectivity index (χ2n) is 11.8. The minimum atomic E-state index is -4.76. The van der Waals surface area contributed by atoms with Crippen LogP contribution in [0.25, 0.3) is 5.69 Å². The predicted octanol–water partition coefficient (Wildman–Crippen LogP) is 8.12. The molecule has 0 bridgehead atoms. The smallest absolute Gasteiger partial charge is 0.435 e. The van der Waals surface area contributed by atoms with Gasteiger partial charge in [0.15, 0.2) is 5.69 Å². The van der Waals surface area contributed by atoms with Gasteiger partial charge in [0.1, 0.15) is 18.1 Å². The van der Waals surface area contributed by atoms with Gasteiger partial charge in [-0.25, -0.2) is 4.68 Å². The first kappa shape index (κ1) is 32.6. The van der Waals surface area contributed by atoms with E-state index in [2.05, 4.69) is 20.9 Å². The number of amides is 1. The summed E-state index contributed by atoms with van der Waals surface area (Å²) in [6, 6.07) is 32.1. The van der Waals surface area contributed by atoms with Gasteiger partial charge in [-0.1, -0.05) is 71.9 Å². The van der Waals surface area contributed by atoms with E-state index in [9.17, 15) is 22.9 Å². The number of ether oxygens (including phenoxy) is 1. The molecule has 6 rings (SSSR count). The number of benzene rings is 4. The third kappa shape index (κ3) is 8.34. The van der Waals surface area contributed by atoms with E-state index in [-0.39, 0.29) is 24.0 Å². The number of alkyl halides is 3. The molecule has 5 aromatic rings. The van der Waals surface area contributed by atoms with Crippen molar-refractivity contribution in [3.8, 4) is 11.4 Å². The molecule has 1 atom stereocenters. The number of halogens is 3. The summed E-state index contributed by atoms with van der Waals surface area (Å²) in [7, 11) is 0. The largest absolute Gasteiger partial charge is 0.489 e. The van der Waals surface area contributed by atoms with Crippen LogP contribution in [0.3, 0.4) is 0 Å². The maximum absolute atomic E-state index is 13.7. The second kappa shape index (κ2) is 14.6. The Morgan fingerprint density at radius 1 is 0.896 bits per heavy atom. The van der Waals surface area contributed by atoms with Crippen LogP contribution in [0.5, 0.6) is 5.75 Å². The molecule has 2 N–H and O–H groups in total. The first-order chi connectivity index (χ1) is 23.3. The van der Waals surface area contributed by atoms with Crippen molar-refractivity contribution in [3.63, 3.8) is 0 Å². The molecule has 0 spiro atoms. The van der Waals surface area contributed by atoms with Crippen LogP contribution in [-0.4, -0.2) is 28.8 Å². The Morgan fingerprint density at radius 3 is 2.38 bits per heavy atom. The average Bonchev–Trinajstić information content (AvgIpc) is 3.81. The predicted molar refractivity (Wildman–Crippen MR) is 177 cm³/mol. The molecule has 0 radical (unpaired) electrons. The lowest BCUT2D eigenvalue weighted by Gasteiger charge is -2.21. The standard InChI is InChI=1S/C37H34F3N5O3/c38-37(39,40)34-22-33(45(44-34)31-11-4-8-25(20-31)18-19-42-47)36(46)43-30-10-5-9-29(21-30)35(41-23-26-12-13-26)28-14-16-32(17-15-28)48-24-27-6-2-1-3-7-27/h1-11,14-17,20-22,26,35,41H,12-13,18-19,23-24H2,(H,43,46). The van der Waals surface area contributed by atoms with Gasteiger partial charge in [-0.3, -0.25) is 4.79 Å². The number of nitrogens with zero attached hydrogens (tertiary/aromatic N) is 3. The lowest BCUT2D eigenvalue weighted by Crippen LogP contribution is -2.25. The van der Waals surface area contributed by atoms with E-state index in [1.807, 2.05) is 66.7 Å². The van der Waals surface area contributed by atoms with Crippen molar-refractivity contribution in [2.24, 2.45) is 11.1 Å². The van der Waals surface area contributed by atoms with Crippen molar-refractivity contribution in [2.75, 3.05) is 18.4 Å². The maximum Gasteiger partial charge on any atom is 0.435 e. The van der Waals surface area contributed by atoms with Crippen LogP contribution < -0.4 is 15.4 Å². The van der Waals surface area contributed by atoms with Gasteiger partial charge in [0.2, 0.25) is 0 Å². The number of hydrogen-bond donors (Lipinski definition) is 2. The Kier molecular flexibility index (Phi) is 9.96. The van der Waals surface area contributed by atoms with Crippen molar-refractivity contribution in [1.29, 1.82) is 0 Å². The Labute approximate surface area is 275 Å². The summed E-state index contributed by atoms with van der Waals surface area (Å²) >= 11 is 0. The van der Waals surface area contributed by atoms with Gasteiger partial charge in [-0.15, -0.1) is 0 Å². The highest BCUT2D eigenvalue weighted by atomic mass is 19.4. The van der Waals surface area contributed by atoms with E-state index in [1.54, 1.807) is 36.4 Å². The van der Waals surface area contributed by atoms with Crippen LogP contribution in [0.2, 0.25) is 0 Å². The number of hydrogen-bond acceptors (Lipinski definition) is 6. The Bertz CT molecular complexity index is 1850. The Balaban J connectivity index is 1.23. The lowest BCUT2D eigenvalue weighted by atomic mass is 9.97. The third-order valence-corrected chi connectivity index (χ3v) is 8.13. The van der Waals surface area contributed by atoms with Crippen molar-refractivity contribution >= 4 is 11.6 Å². The fourth-order valence-electron chi connectivity index (χ4n) is 5.42. The molecule has 1 saturated carbocycles. The summed E-state index contributed by atoms with van der Waals surface area (Å²) in [5.41, 5.74) is 2.84. The van der Waals surface area contributed by atoms with Crippen molar-refractivity contribution in [3.05, 3.63) is 148 Å². The number of rotatable bonds is 14. The monoisotopic (exact) mass is 653 g/mol. The topological polar surface area (TPSA) is 97.6 Å². The van der Waals surface area contributed by atoms with E-state index in [0.29, 0.717) is 30.2 Å². The number of nitroso groups, excluding NO2 is 1. The Morgan fingerprint density at radius 2 is 1.65 bits per heavy atom. The zero-order valence-electron chi connectivity index (χ0n) is 26.0. The summed E-state index contributed by atoms with van der Waals surface area (Å²) in [5, 5.41) is 13.0. The van der Waals surface area contributed by atoms with Gasteiger partial charge in [0.05, 0.1) is 18.3 Å². The van der Waals surface area contributed by atoms with Gasteiger partial charge in [-0.2, -0.15) is 23.2 Å². The fraction of sp³-hybridized carbons (Fsp3) is 0.243. The zero-order valence-corrected chi connectivity index (χ0v) is 26.0. The summed E-state index contributed by atoms with van der Waals surface area (Å²) in [4.78, 5) is 24.2. The highest BCUT2D eigenvalue weighted by Crippen LogP contribution is 2.33. The molecule has 246 valence electrons. The van der Waals surface area contributed by atoms with Gasteiger partial charge < -0.3 is 15.4 Å². The molecule has 0 aliphatic heterocycles. The van der Waals surface area contributed by atoms with E-state index in [0.717, 1.165) is 39.7 Å². The van der Waals surface area contributed by atoms with Crippen LogP contribution >= 0.6 is 0 Å². The molecule has 4 aromatic carbocycles. The molecule has 1 amide bonds. The SMILES string of the molecule is O=NCCc1cccc(-n2nc(C(F)(F)F)cc2C(=O)Nc2cccc(C(NCC3CC3)c3ccc(OCc4ccccc4)cc3)c2)c1. The summed E-state index contributed by atoms with van der Waals surface area (Å²) in [6.45, 7) is 1.30. The average molecular weight is 654 g/mol. The van der Waals surface area contributed by atoms with Crippen LogP contribution in [0, 0.1) is 10.8 Å². The van der Waals surface area contributed by atoms with Crippen molar-refractivity contribution in [1.82, 2.24) is 15.1 Å². The van der Waals surface area contributed by atoms with Gasteiger partial charge >= 0.3 is 6.18 Å². The molecule has 1 unspecified atom stereocenters. The fourth-order valence-corrected chi connectivity index (χ4v) is 5.42. The normalized spacial score (nSPS) is 13.6. The summed E-state index contributed by atoms with van der Waals surface area (Å²) in [6.07, 6.45) is -2.11. The quantitative estimate of drug-likeness (QED) is 0.118. The first-order valence-electron chi connectivity index (χ1n) is 15.7. The summed E-state index contributed by atoms with van der Waals surface area (Å²) < 4.78 is 48.2. The third-order valence-electron chi connectivity index (χ3n) is 8.13. The number of carbonyl (C=O) groups is 1. The van der Waals surface area contributed by atoms with Crippen LogP contribution in [0.1, 0.15) is 57.3 Å². The van der Waals surface area contributed by atoms with Crippen LogP contribution in [0.4, 0.5) is 18.9 Å². The van der Waals surface area contributed by atoms with Crippen molar-refractivity contribution < 1.29 is 22.7 Å². The van der Waals surface area contributed by atoms with E-state index in [4.69, 9.17) is 4.74 Å². The molecular formula is C37H34F3N5O3. The van der Waals surface area contributed by atoms with E-state index >= 15 is 0 Å². The Hall–Kier alpha value is -5.29. The first-order valence-corrected chi connectivity index (χ1v) is 15.7. The van der Waals surface area contributed by atoms with Crippen LogP contribution in [-0.2, 0) is 19.2 Å². The molecule has 1 heterocycles. The zero-order chi connectivity index (χ0) is 33.5. The number of anilines is 1. The molecule has 0 saturated heterocycles. The molecule has 1 aliphatic carbocycles. The molecule has 11 heteroatoms. The second-order valence-corrected chi connectivity index (χ2v) is 11.8. The molecule has 1 fully saturated rings. The van der Waals surface area contributed by atoms with Gasteiger partial charge in [0, 0.05) is 11.8 Å². The molecule has 1 aliphatic rings. The minimum absolute atomic E-state index is 0.0166. The minimum Gasteiger partial charge on any atom is -0.489 e. The number of aromatic nitrogens is 2.